The number of para-hydroxylation sites is 1. The van der Waals surface area contributed by atoms with Gasteiger partial charge in [-0.25, -0.2) is 0 Å². The van der Waals surface area contributed by atoms with E-state index in [1.165, 1.54) is 6.21 Å². The van der Waals surface area contributed by atoms with Gasteiger partial charge in [0.15, 0.2) is 11.6 Å². The van der Waals surface area contributed by atoms with Gasteiger partial charge in [0.25, 0.3) is 0 Å². The second-order valence-corrected chi connectivity index (χ2v) is 4.81. The number of phenols is 1. The average Bonchev–Trinajstić information content (AvgIpc) is 2.58. The molecule has 2 N–H and O–H groups in total. The van der Waals surface area contributed by atoms with Crippen LogP contribution in [0.2, 0.25) is 0 Å². The number of aromatic hydroxyl groups is 1. The minimum Gasteiger partial charge on any atom is -0.507 e. The number of hydrogen-bond donors (Lipinski definition) is 2. The second-order valence-electron chi connectivity index (χ2n) is 4.81. The van der Waals surface area contributed by atoms with E-state index < -0.39 is 0 Å². The van der Waals surface area contributed by atoms with Crippen molar-refractivity contribution in [1.82, 2.24) is 10.2 Å². The van der Waals surface area contributed by atoms with Crippen LogP contribution in [0, 0.1) is 0 Å². The Morgan fingerprint density at radius 3 is 2.68 bits per heavy atom. The Morgan fingerprint density at radius 1 is 1.14 bits per heavy atom. The third-order valence-corrected chi connectivity index (χ3v) is 3.31. The van der Waals surface area contributed by atoms with Crippen molar-refractivity contribution in [3.8, 4) is 5.75 Å². The number of nitrogens with one attached hydrogen (secondary N) is 1. The molecule has 1 aliphatic rings. The minimum atomic E-state index is 0.182. The van der Waals surface area contributed by atoms with Crippen molar-refractivity contribution >= 4 is 17.9 Å². The average molecular weight is 299 g/mol. The van der Waals surface area contributed by atoms with E-state index in [1.807, 2.05) is 18.2 Å². The molecule has 0 atom stereocenters. The summed E-state index contributed by atoms with van der Waals surface area (Å²) in [5.74, 6) is 1.56. The van der Waals surface area contributed by atoms with E-state index in [-0.39, 0.29) is 5.75 Å². The van der Waals surface area contributed by atoms with E-state index in [1.54, 1.807) is 18.2 Å². The highest BCUT2D eigenvalue weighted by atomic mass is 16.5. The predicted molar refractivity (Wildman–Crippen MR) is 84.4 cm³/mol. The van der Waals surface area contributed by atoms with Crippen LogP contribution in [0.15, 0.2) is 41.5 Å². The van der Waals surface area contributed by atoms with Gasteiger partial charge in [0.2, 0.25) is 0 Å². The number of hydrazone groups is 1. The Hall–Kier alpha value is -2.67. The lowest BCUT2D eigenvalue weighted by Gasteiger charge is -2.27. The largest absolute Gasteiger partial charge is 0.507 e. The maximum absolute atomic E-state index is 9.63. The van der Waals surface area contributed by atoms with Crippen molar-refractivity contribution in [2.45, 2.75) is 0 Å². The van der Waals surface area contributed by atoms with Gasteiger partial charge in [-0.1, -0.05) is 12.1 Å². The first kappa shape index (κ1) is 14.3. The van der Waals surface area contributed by atoms with E-state index in [4.69, 9.17) is 4.74 Å². The van der Waals surface area contributed by atoms with E-state index in [2.05, 4.69) is 25.6 Å². The van der Waals surface area contributed by atoms with E-state index in [0.717, 1.165) is 18.9 Å². The molecule has 1 aromatic heterocycles. The summed E-state index contributed by atoms with van der Waals surface area (Å²) in [6.07, 6.45) is 1.53. The van der Waals surface area contributed by atoms with Gasteiger partial charge < -0.3 is 14.7 Å². The summed E-state index contributed by atoms with van der Waals surface area (Å²) in [6.45, 7) is 3.08. The van der Waals surface area contributed by atoms with Crippen LogP contribution in [-0.2, 0) is 4.74 Å². The number of rotatable bonds is 4. The molecule has 0 spiro atoms. The number of morpholine rings is 1. The molecule has 1 saturated heterocycles. The number of phenolic OH excluding ortho intramolecular Hbond substituents is 1. The summed E-state index contributed by atoms with van der Waals surface area (Å²) in [4.78, 5) is 2.13. The van der Waals surface area contributed by atoms with Crippen molar-refractivity contribution in [2.75, 3.05) is 36.6 Å². The number of aromatic nitrogens is 2. The van der Waals surface area contributed by atoms with Crippen LogP contribution in [0.4, 0.5) is 11.6 Å². The first-order valence-corrected chi connectivity index (χ1v) is 7.06. The Labute approximate surface area is 128 Å². The molecule has 0 aliphatic carbocycles. The van der Waals surface area contributed by atoms with Crippen LogP contribution in [-0.4, -0.2) is 47.8 Å². The monoisotopic (exact) mass is 299 g/mol. The van der Waals surface area contributed by atoms with Crippen molar-refractivity contribution in [2.24, 2.45) is 5.10 Å². The molecule has 0 bridgehead atoms. The van der Waals surface area contributed by atoms with Crippen LogP contribution in [0.1, 0.15) is 5.56 Å². The molecule has 22 heavy (non-hydrogen) atoms. The summed E-state index contributed by atoms with van der Waals surface area (Å²) in [6, 6.07) is 10.7. The zero-order valence-corrected chi connectivity index (χ0v) is 12.0. The first-order chi connectivity index (χ1) is 10.8. The lowest BCUT2D eigenvalue weighted by molar-refractivity contribution is 0.122. The highest BCUT2D eigenvalue weighted by Crippen LogP contribution is 2.14. The van der Waals surface area contributed by atoms with Gasteiger partial charge in [-0.2, -0.15) is 5.10 Å². The molecule has 0 amide bonds. The fourth-order valence-electron chi connectivity index (χ4n) is 2.11. The van der Waals surface area contributed by atoms with Gasteiger partial charge in [-0.15, -0.1) is 10.2 Å². The van der Waals surface area contributed by atoms with Gasteiger partial charge >= 0.3 is 0 Å². The molecule has 2 heterocycles. The van der Waals surface area contributed by atoms with Gasteiger partial charge in [0.05, 0.1) is 19.4 Å². The first-order valence-electron chi connectivity index (χ1n) is 7.06. The standard InChI is InChI=1S/C15H17N5O2/c21-13-4-2-1-3-12(13)11-16-17-14-5-6-15(19-18-14)20-7-9-22-10-8-20/h1-6,11,21H,7-10H2,(H,17,18)/b16-11+. The SMILES string of the molecule is Oc1ccccc1/C=N/Nc1ccc(N2CCOCC2)nn1. The van der Waals surface area contributed by atoms with Crippen LogP contribution >= 0.6 is 0 Å². The van der Waals surface area contributed by atoms with Crippen molar-refractivity contribution < 1.29 is 9.84 Å². The topological polar surface area (TPSA) is 82.9 Å². The van der Waals surface area contributed by atoms with Crippen LogP contribution in [0.5, 0.6) is 5.75 Å². The number of hydrogen-bond acceptors (Lipinski definition) is 7. The molecule has 114 valence electrons. The Bertz CT molecular complexity index is 639. The van der Waals surface area contributed by atoms with E-state index >= 15 is 0 Å². The highest BCUT2D eigenvalue weighted by molar-refractivity contribution is 5.83. The molecule has 1 fully saturated rings. The number of anilines is 2. The second kappa shape index (κ2) is 6.86. The van der Waals surface area contributed by atoms with Gasteiger partial charge in [-0.3, -0.25) is 5.43 Å². The molecule has 7 heteroatoms. The molecule has 0 radical (unpaired) electrons. The Balaban J connectivity index is 1.60. The third kappa shape index (κ3) is 3.50. The molecule has 1 aliphatic heterocycles. The van der Waals surface area contributed by atoms with Crippen molar-refractivity contribution in [3.63, 3.8) is 0 Å². The molecule has 3 rings (SSSR count). The van der Waals surface area contributed by atoms with Crippen molar-refractivity contribution in [3.05, 3.63) is 42.0 Å². The minimum absolute atomic E-state index is 0.182. The fraction of sp³-hybridized carbons (Fsp3) is 0.267. The zero-order chi connectivity index (χ0) is 15.2. The molecule has 0 saturated carbocycles. The Morgan fingerprint density at radius 2 is 1.95 bits per heavy atom. The Kier molecular flexibility index (Phi) is 4.45. The summed E-state index contributed by atoms with van der Waals surface area (Å²) in [5, 5.41) is 21.9. The molecular weight excluding hydrogens is 282 g/mol. The molecular formula is C15H17N5O2. The maximum atomic E-state index is 9.63. The summed E-state index contributed by atoms with van der Waals surface area (Å²) in [5.41, 5.74) is 3.42. The molecule has 2 aromatic rings. The lowest BCUT2D eigenvalue weighted by atomic mass is 10.2. The van der Waals surface area contributed by atoms with E-state index in [0.29, 0.717) is 24.6 Å². The number of ether oxygens (including phenoxy) is 1. The highest BCUT2D eigenvalue weighted by Gasteiger charge is 2.12. The van der Waals surface area contributed by atoms with Crippen LogP contribution in [0.25, 0.3) is 0 Å². The lowest BCUT2D eigenvalue weighted by Crippen LogP contribution is -2.36. The van der Waals surface area contributed by atoms with Gasteiger partial charge in [-0.05, 0) is 24.3 Å². The number of nitrogens with zero attached hydrogens (tertiary/aromatic N) is 4. The quantitative estimate of drug-likeness (QED) is 0.657. The summed E-state index contributed by atoms with van der Waals surface area (Å²) in [7, 11) is 0. The van der Waals surface area contributed by atoms with E-state index in [9.17, 15) is 5.11 Å². The summed E-state index contributed by atoms with van der Waals surface area (Å²) < 4.78 is 5.31. The van der Waals surface area contributed by atoms with Crippen molar-refractivity contribution in [1.29, 1.82) is 0 Å². The normalized spacial score (nSPS) is 15.2. The zero-order valence-electron chi connectivity index (χ0n) is 12.0. The fourth-order valence-corrected chi connectivity index (χ4v) is 2.11. The van der Waals surface area contributed by atoms with Crippen LogP contribution in [0.3, 0.4) is 0 Å². The molecule has 1 aromatic carbocycles. The number of benzene rings is 1. The predicted octanol–water partition coefficient (Wildman–Crippen LogP) is 1.46. The van der Waals surface area contributed by atoms with Gasteiger partial charge in [0, 0.05) is 18.7 Å². The summed E-state index contributed by atoms with van der Waals surface area (Å²) >= 11 is 0. The van der Waals surface area contributed by atoms with Crippen LogP contribution < -0.4 is 10.3 Å². The molecule has 0 unspecified atom stereocenters. The molecule has 7 nitrogen and oxygen atoms in total. The smallest absolute Gasteiger partial charge is 0.168 e. The third-order valence-electron chi connectivity index (χ3n) is 3.31. The maximum Gasteiger partial charge on any atom is 0.168 e. The van der Waals surface area contributed by atoms with Gasteiger partial charge in [0.1, 0.15) is 5.75 Å².